The second-order valence-corrected chi connectivity index (χ2v) is 6.29. The summed E-state index contributed by atoms with van der Waals surface area (Å²) < 4.78 is 17.2. The van der Waals surface area contributed by atoms with E-state index in [1.54, 1.807) is 0 Å². The fraction of sp³-hybridized carbons (Fsp3) is 1.00. The summed E-state index contributed by atoms with van der Waals surface area (Å²) >= 11 is 0. The molecule has 3 fully saturated rings. The van der Waals surface area contributed by atoms with E-state index >= 15 is 0 Å². The van der Waals surface area contributed by atoms with Gasteiger partial charge in [-0.05, 0) is 31.7 Å². The zero-order valence-electron chi connectivity index (χ0n) is 12.0. The van der Waals surface area contributed by atoms with E-state index < -0.39 is 0 Å². The van der Waals surface area contributed by atoms with Gasteiger partial charge >= 0.3 is 0 Å². The average Bonchev–Trinajstić information content (AvgIpc) is 3.08. The largest absolute Gasteiger partial charge is 0.381 e. The Morgan fingerprint density at radius 1 is 1.16 bits per heavy atom. The average molecular weight is 269 g/mol. The minimum Gasteiger partial charge on any atom is -0.381 e. The molecule has 4 nitrogen and oxygen atoms in total. The van der Waals surface area contributed by atoms with Crippen LogP contribution in [0.4, 0.5) is 0 Å². The minimum atomic E-state index is 0.0239. The molecule has 3 aliphatic rings. The summed E-state index contributed by atoms with van der Waals surface area (Å²) in [4.78, 5) is 0. The summed E-state index contributed by atoms with van der Waals surface area (Å²) in [5.41, 5.74) is 0.0239. The van der Waals surface area contributed by atoms with Gasteiger partial charge in [0, 0.05) is 38.2 Å². The van der Waals surface area contributed by atoms with E-state index in [-0.39, 0.29) is 5.60 Å². The van der Waals surface area contributed by atoms with Crippen LogP contribution in [0.5, 0.6) is 0 Å². The van der Waals surface area contributed by atoms with Crippen molar-refractivity contribution in [3.05, 3.63) is 0 Å². The molecule has 3 heterocycles. The molecule has 110 valence electrons. The second kappa shape index (κ2) is 6.08. The molecule has 19 heavy (non-hydrogen) atoms. The molecule has 0 aromatic heterocycles. The third-order valence-corrected chi connectivity index (χ3v) is 5.02. The lowest BCUT2D eigenvalue weighted by atomic mass is 9.76. The van der Waals surface area contributed by atoms with Crippen LogP contribution >= 0.6 is 0 Å². The van der Waals surface area contributed by atoms with Gasteiger partial charge in [-0.25, -0.2) is 0 Å². The molecule has 3 aliphatic heterocycles. The van der Waals surface area contributed by atoms with Crippen LogP contribution in [-0.4, -0.2) is 51.2 Å². The molecule has 1 N–H and O–H groups in total. The van der Waals surface area contributed by atoms with Crippen LogP contribution in [-0.2, 0) is 14.2 Å². The first-order valence-electron chi connectivity index (χ1n) is 7.86. The molecule has 0 saturated carbocycles. The Labute approximate surface area is 116 Å². The van der Waals surface area contributed by atoms with Crippen LogP contribution in [0.1, 0.15) is 32.6 Å². The van der Waals surface area contributed by atoms with Crippen molar-refractivity contribution in [1.29, 1.82) is 0 Å². The molecule has 0 amide bonds. The van der Waals surface area contributed by atoms with E-state index in [0.29, 0.717) is 17.9 Å². The monoisotopic (exact) mass is 269 g/mol. The molecule has 4 heteroatoms. The summed E-state index contributed by atoms with van der Waals surface area (Å²) in [6, 6.07) is 0.592. The van der Waals surface area contributed by atoms with Crippen LogP contribution < -0.4 is 5.32 Å². The molecule has 0 aromatic carbocycles. The maximum Gasteiger partial charge on any atom is 0.0939 e. The van der Waals surface area contributed by atoms with Gasteiger partial charge < -0.3 is 19.5 Å². The number of rotatable bonds is 4. The molecule has 0 bridgehead atoms. The molecule has 3 rings (SSSR count). The third kappa shape index (κ3) is 2.97. The first kappa shape index (κ1) is 13.8. The molecule has 0 aromatic rings. The highest BCUT2D eigenvalue weighted by atomic mass is 16.6. The Bertz CT molecular complexity index is 285. The van der Waals surface area contributed by atoms with Crippen molar-refractivity contribution >= 4 is 0 Å². The minimum absolute atomic E-state index is 0.0239. The first-order valence-corrected chi connectivity index (χ1v) is 7.86. The molecule has 4 unspecified atom stereocenters. The van der Waals surface area contributed by atoms with Gasteiger partial charge in [-0.2, -0.15) is 0 Å². The summed E-state index contributed by atoms with van der Waals surface area (Å²) in [5, 5.41) is 3.72. The van der Waals surface area contributed by atoms with Crippen molar-refractivity contribution in [3.63, 3.8) is 0 Å². The lowest BCUT2D eigenvalue weighted by Gasteiger charge is -2.42. The Morgan fingerprint density at radius 2 is 2.05 bits per heavy atom. The van der Waals surface area contributed by atoms with Crippen LogP contribution in [0.15, 0.2) is 0 Å². The molecule has 3 saturated heterocycles. The molecular weight excluding hydrogens is 242 g/mol. The topological polar surface area (TPSA) is 39.7 Å². The van der Waals surface area contributed by atoms with Crippen molar-refractivity contribution in [2.45, 2.75) is 44.2 Å². The first-order chi connectivity index (χ1) is 9.33. The number of ether oxygens (including phenoxy) is 3. The fourth-order valence-corrected chi connectivity index (χ4v) is 4.03. The highest BCUT2D eigenvalue weighted by Crippen LogP contribution is 2.39. The summed E-state index contributed by atoms with van der Waals surface area (Å²) in [5.74, 6) is 1.39. The fourth-order valence-electron chi connectivity index (χ4n) is 4.03. The number of hydrogen-bond donors (Lipinski definition) is 1. The Balaban J connectivity index is 1.66. The van der Waals surface area contributed by atoms with Gasteiger partial charge in [-0.1, -0.05) is 6.92 Å². The normalized spacial score (nSPS) is 40.9. The van der Waals surface area contributed by atoms with E-state index in [9.17, 15) is 0 Å². The summed E-state index contributed by atoms with van der Waals surface area (Å²) in [6.45, 7) is 7.67. The van der Waals surface area contributed by atoms with E-state index in [0.717, 1.165) is 52.4 Å². The quantitative estimate of drug-likeness (QED) is 0.841. The lowest BCUT2D eigenvalue weighted by molar-refractivity contribution is -0.105. The molecule has 1 spiro atoms. The van der Waals surface area contributed by atoms with Gasteiger partial charge in [0.05, 0.1) is 18.8 Å². The smallest absolute Gasteiger partial charge is 0.0939 e. The molecular formula is C15H27NO3. The Hall–Kier alpha value is -0.160. The van der Waals surface area contributed by atoms with Crippen LogP contribution in [0.2, 0.25) is 0 Å². The summed E-state index contributed by atoms with van der Waals surface area (Å²) in [7, 11) is 0. The SMILES string of the molecule is CCNC(C1CCOC1)C1CCOC2(CCOC2)C1. The van der Waals surface area contributed by atoms with Crippen molar-refractivity contribution in [2.75, 3.05) is 39.6 Å². The number of nitrogens with one attached hydrogen (secondary N) is 1. The van der Waals surface area contributed by atoms with Crippen molar-refractivity contribution < 1.29 is 14.2 Å². The van der Waals surface area contributed by atoms with Crippen molar-refractivity contribution in [3.8, 4) is 0 Å². The lowest BCUT2D eigenvalue weighted by Crippen LogP contribution is -2.50. The zero-order valence-corrected chi connectivity index (χ0v) is 12.0. The van der Waals surface area contributed by atoms with E-state index in [4.69, 9.17) is 14.2 Å². The Kier molecular flexibility index (Phi) is 4.42. The van der Waals surface area contributed by atoms with Crippen LogP contribution in [0, 0.1) is 11.8 Å². The Morgan fingerprint density at radius 3 is 2.74 bits per heavy atom. The van der Waals surface area contributed by atoms with Crippen molar-refractivity contribution in [1.82, 2.24) is 5.32 Å². The van der Waals surface area contributed by atoms with Gasteiger partial charge in [-0.15, -0.1) is 0 Å². The van der Waals surface area contributed by atoms with E-state index in [1.165, 1.54) is 12.8 Å². The van der Waals surface area contributed by atoms with Gasteiger partial charge in [-0.3, -0.25) is 0 Å². The predicted molar refractivity (Wildman–Crippen MR) is 73.2 cm³/mol. The maximum absolute atomic E-state index is 6.06. The predicted octanol–water partition coefficient (Wildman–Crippen LogP) is 1.59. The molecule has 4 atom stereocenters. The van der Waals surface area contributed by atoms with Gasteiger partial charge in [0.15, 0.2) is 0 Å². The van der Waals surface area contributed by atoms with Gasteiger partial charge in [0.1, 0.15) is 0 Å². The van der Waals surface area contributed by atoms with Crippen molar-refractivity contribution in [2.24, 2.45) is 11.8 Å². The zero-order chi connectivity index (χ0) is 13.1. The standard InChI is InChI=1S/C15H27NO3/c1-2-16-14(13-3-6-17-10-13)12-4-7-19-15(9-12)5-8-18-11-15/h12-14,16H,2-11H2,1H3. The molecule has 0 aliphatic carbocycles. The van der Waals surface area contributed by atoms with E-state index in [2.05, 4.69) is 12.2 Å². The van der Waals surface area contributed by atoms with Crippen LogP contribution in [0.25, 0.3) is 0 Å². The maximum atomic E-state index is 6.06. The number of hydrogen-bond acceptors (Lipinski definition) is 4. The van der Waals surface area contributed by atoms with Crippen LogP contribution in [0.3, 0.4) is 0 Å². The second-order valence-electron chi connectivity index (χ2n) is 6.29. The van der Waals surface area contributed by atoms with E-state index in [1.807, 2.05) is 0 Å². The highest BCUT2D eigenvalue weighted by molar-refractivity contribution is 4.95. The summed E-state index contributed by atoms with van der Waals surface area (Å²) in [6.07, 6.45) is 4.61. The van der Waals surface area contributed by atoms with Gasteiger partial charge in [0.2, 0.25) is 0 Å². The molecule has 0 radical (unpaired) electrons. The third-order valence-electron chi connectivity index (χ3n) is 5.02. The van der Waals surface area contributed by atoms with Gasteiger partial charge in [0.25, 0.3) is 0 Å². The highest BCUT2D eigenvalue weighted by Gasteiger charge is 2.44.